The van der Waals surface area contributed by atoms with Crippen molar-refractivity contribution in [3.05, 3.63) is 0 Å². The maximum absolute atomic E-state index is 11.7. The number of methoxy groups -OCH3 is 1. The molecule has 1 N–H and O–H groups in total. The molecule has 5 heteroatoms. The lowest BCUT2D eigenvalue weighted by Crippen LogP contribution is -2.44. The normalized spacial score (nSPS) is 17.9. The van der Waals surface area contributed by atoms with E-state index < -0.39 is 23.7 Å². The van der Waals surface area contributed by atoms with Gasteiger partial charge in [-0.2, -0.15) is 0 Å². The second kappa shape index (κ2) is 6.78. The molecule has 0 heterocycles. The summed E-state index contributed by atoms with van der Waals surface area (Å²) in [6, 6.07) is -0.608. The van der Waals surface area contributed by atoms with Crippen LogP contribution < -0.4 is 5.32 Å². The van der Waals surface area contributed by atoms with Gasteiger partial charge < -0.3 is 14.8 Å². The molecule has 0 bridgehead atoms. The Balaban J connectivity index is 2.53. The molecular formula is C14H25NO4. The fraction of sp³-hybridized carbons (Fsp3) is 0.857. The number of hydrogen-bond acceptors (Lipinski definition) is 4. The van der Waals surface area contributed by atoms with Crippen LogP contribution in [0.3, 0.4) is 0 Å². The van der Waals surface area contributed by atoms with Crippen LogP contribution in [0.2, 0.25) is 0 Å². The van der Waals surface area contributed by atoms with Gasteiger partial charge in [0.2, 0.25) is 0 Å². The molecule has 0 aromatic carbocycles. The highest BCUT2D eigenvalue weighted by Crippen LogP contribution is 2.28. The number of rotatable bonds is 4. The Bertz CT molecular complexity index is 316. The van der Waals surface area contributed by atoms with E-state index >= 15 is 0 Å². The number of hydrogen-bond donors (Lipinski definition) is 1. The molecule has 0 aromatic heterocycles. The minimum atomic E-state index is -0.608. The Morgan fingerprint density at radius 1 is 1.26 bits per heavy atom. The van der Waals surface area contributed by atoms with E-state index in [1.165, 1.54) is 20.0 Å². The number of carbonyl (C=O) groups is 2. The van der Waals surface area contributed by atoms with Crippen LogP contribution in [0.15, 0.2) is 0 Å². The Labute approximate surface area is 115 Å². The van der Waals surface area contributed by atoms with E-state index in [1.807, 2.05) is 0 Å². The summed E-state index contributed by atoms with van der Waals surface area (Å²) in [5, 5.41) is 2.62. The highest BCUT2D eigenvalue weighted by atomic mass is 16.6. The van der Waals surface area contributed by atoms with Gasteiger partial charge in [0.1, 0.15) is 11.6 Å². The quantitative estimate of drug-likeness (QED) is 0.798. The Morgan fingerprint density at radius 2 is 1.84 bits per heavy atom. The first-order valence-electron chi connectivity index (χ1n) is 6.89. The Hall–Kier alpha value is -1.26. The summed E-state index contributed by atoms with van der Waals surface area (Å²) in [7, 11) is 1.33. The van der Waals surface area contributed by atoms with Gasteiger partial charge in [-0.15, -0.1) is 0 Å². The van der Waals surface area contributed by atoms with E-state index in [0.29, 0.717) is 12.3 Å². The summed E-state index contributed by atoms with van der Waals surface area (Å²) in [6.07, 6.45) is 4.69. The van der Waals surface area contributed by atoms with Crippen LogP contribution >= 0.6 is 0 Å². The molecule has 19 heavy (non-hydrogen) atoms. The fourth-order valence-electron chi connectivity index (χ4n) is 2.39. The van der Waals surface area contributed by atoms with E-state index in [0.717, 1.165) is 12.8 Å². The molecule has 0 saturated heterocycles. The lowest BCUT2D eigenvalue weighted by Gasteiger charge is -2.23. The monoisotopic (exact) mass is 271 g/mol. The molecule has 0 aromatic rings. The van der Waals surface area contributed by atoms with Crippen LogP contribution in [0.5, 0.6) is 0 Å². The number of alkyl carbamates (subject to hydrolysis) is 1. The van der Waals surface area contributed by atoms with Crippen LogP contribution in [-0.4, -0.2) is 30.8 Å². The number of nitrogens with one attached hydrogen (secondary N) is 1. The molecule has 1 atom stereocenters. The van der Waals surface area contributed by atoms with E-state index in [1.54, 1.807) is 20.8 Å². The van der Waals surface area contributed by atoms with Gasteiger partial charge in [-0.1, -0.05) is 25.7 Å². The number of ether oxygens (including phenoxy) is 2. The maximum atomic E-state index is 11.7. The summed E-state index contributed by atoms with van der Waals surface area (Å²) in [5.41, 5.74) is -0.571. The SMILES string of the molecule is COC(=O)[C@H](CC1CCCC1)NC(=O)OC(C)(C)C. The molecule has 5 nitrogen and oxygen atoms in total. The molecular weight excluding hydrogens is 246 g/mol. The standard InChI is InChI=1S/C14H25NO4/c1-14(2,3)19-13(17)15-11(12(16)18-4)9-10-7-5-6-8-10/h10-11H,5-9H2,1-4H3,(H,15,17)/t11-/m0/s1. The van der Waals surface area contributed by atoms with Crippen molar-refractivity contribution in [3.8, 4) is 0 Å². The number of carbonyl (C=O) groups excluding carboxylic acids is 2. The van der Waals surface area contributed by atoms with Crippen molar-refractivity contribution in [2.75, 3.05) is 7.11 Å². The third-order valence-corrected chi connectivity index (χ3v) is 3.22. The highest BCUT2D eigenvalue weighted by Gasteiger charge is 2.28. The Morgan fingerprint density at radius 3 is 2.32 bits per heavy atom. The van der Waals surface area contributed by atoms with Crippen LogP contribution in [0.4, 0.5) is 4.79 Å². The fourth-order valence-corrected chi connectivity index (χ4v) is 2.39. The predicted molar refractivity (Wildman–Crippen MR) is 71.7 cm³/mol. The molecule has 1 saturated carbocycles. The first-order valence-corrected chi connectivity index (χ1v) is 6.89. The third kappa shape index (κ3) is 5.94. The topological polar surface area (TPSA) is 64.6 Å². The first-order chi connectivity index (χ1) is 8.81. The molecule has 110 valence electrons. The average Bonchev–Trinajstić information content (AvgIpc) is 2.77. The van der Waals surface area contributed by atoms with Crippen molar-refractivity contribution in [2.24, 2.45) is 5.92 Å². The van der Waals surface area contributed by atoms with Gasteiger partial charge in [0.05, 0.1) is 7.11 Å². The van der Waals surface area contributed by atoms with Crippen LogP contribution in [0.25, 0.3) is 0 Å². The molecule has 1 fully saturated rings. The molecule has 0 spiro atoms. The zero-order chi connectivity index (χ0) is 14.5. The van der Waals surface area contributed by atoms with E-state index in [4.69, 9.17) is 9.47 Å². The van der Waals surface area contributed by atoms with Gasteiger partial charge in [-0.25, -0.2) is 9.59 Å². The molecule has 1 aliphatic rings. The van der Waals surface area contributed by atoms with Gasteiger partial charge >= 0.3 is 12.1 Å². The van der Waals surface area contributed by atoms with Gasteiger partial charge in [-0.3, -0.25) is 0 Å². The summed E-state index contributed by atoms with van der Waals surface area (Å²) in [5.74, 6) is 0.0804. The molecule has 0 radical (unpaired) electrons. The van der Waals surface area contributed by atoms with Gasteiger partial charge in [0.25, 0.3) is 0 Å². The van der Waals surface area contributed by atoms with E-state index in [2.05, 4.69) is 5.32 Å². The van der Waals surface area contributed by atoms with Crippen molar-refractivity contribution < 1.29 is 19.1 Å². The molecule has 0 unspecified atom stereocenters. The zero-order valence-electron chi connectivity index (χ0n) is 12.3. The smallest absolute Gasteiger partial charge is 0.408 e. The van der Waals surface area contributed by atoms with Crippen molar-refractivity contribution in [1.29, 1.82) is 0 Å². The van der Waals surface area contributed by atoms with Crippen LogP contribution in [-0.2, 0) is 14.3 Å². The minimum absolute atomic E-state index is 0.405. The second-order valence-electron chi connectivity index (χ2n) is 6.11. The van der Waals surface area contributed by atoms with Crippen molar-refractivity contribution >= 4 is 12.1 Å². The lowest BCUT2D eigenvalue weighted by molar-refractivity contribution is -0.143. The summed E-state index contributed by atoms with van der Waals surface area (Å²) in [6.45, 7) is 5.37. The van der Waals surface area contributed by atoms with Crippen LogP contribution in [0, 0.1) is 5.92 Å². The molecule has 1 aliphatic carbocycles. The number of esters is 1. The van der Waals surface area contributed by atoms with Gasteiger partial charge in [0, 0.05) is 0 Å². The summed E-state index contributed by atoms with van der Waals surface area (Å²) < 4.78 is 9.91. The zero-order valence-corrected chi connectivity index (χ0v) is 12.3. The maximum Gasteiger partial charge on any atom is 0.408 e. The van der Waals surface area contributed by atoms with Crippen molar-refractivity contribution in [3.63, 3.8) is 0 Å². The summed E-state index contributed by atoms with van der Waals surface area (Å²) >= 11 is 0. The van der Waals surface area contributed by atoms with E-state index in [9.17, 15) is 9.59 Å². The highest BCUT2D eigenvalue weighted by molar-refractivity contribution is 5.81. The Kier molecular flexibility index (Phi) is 5.63. The molecule has 0 aliphatic heterocycles. The second-order valence-corrected chi connectivity index (χ2v) is 6.11. The molecule has 1 rings (SSSR count). The van der Waals surface area contributed by atoms with Gasteiger partial charge in [-0.05, 0) is 33.1 Å². The van der Waals surface area contributed by atoms with Crippen molar-refractivity contribution in [1.82, 2.24) is 5.32 Å². The van der Waals surface area contributed by atoms with Crippen LogP contribution in [0.1, 0.15) is 52.9 Å². The van der Waals surface area contributed by atoms with E-state index in [-0.39, 0.29) is 0 Å². The average molecular weight is 271 g/mol. The number of amides is 1. The summed E-state index contributed by atoms with van der Waals surface area (Å²) in [4.78, 5) is 23.4. The lowest BCUT2D eigenvalue weighted by atomic mass is 9.98. The first kappa shape index (κ1) is 15.8. The van der Waals surface area contributed by atoms with Gasteiger partial charge in [0.15, 0.2) is 0 Å². The van der Waals surface area contributed by atoms with Crippen molar-refractivity contribution in [2.45, 2.75) is 64.5 Å². The predicted octanol–water partition coefficient (Wildman–Crippen LogP) is 2.63. The third-order valence-electron chi connectivity index (χ3n) is 3.22. The molecule has 1 amide bonds. The minimum Gasteiger partial charge on any atom is -0.467 e. The largest absolute Gasteiger partial charge is 0.467 e.